The minimum atomic E-state index is -0.415. The van der Waals surface area contributed by atoms with Crippen LogP contribution in [0.3, 0.4) is 0 Å². The first-order valence-electron chi connectivity index (χ1n) is 10.5. The third kappa shape index (κ3) is 5.07. The minimum absolute atomic E-state index is 0.129. The lowest BCUT2D eigenvalue weighted by molar-refractivity contribution is -0.121. The smallest absolute Gasteiger partial charge is 0.264 e. The third-order valence-electron chi connectivity index (χ3n) is 5.19. The number of benzene rings is 4. The van der Waals surface area contributed by atoms with Crippen molar-refractivity contribution in [1.82, 2.24) is 10.3 Å². The first-order chi connectivity index (χ1) is 17.0. The number of oxazole rings is 1. The van der Waals surface area contributed by atoms with E-state index in [0.29, 0.717) is 38.5 Å². The summed E-state index contributed by atoms with van der Waals surface area (Å²) < 4.78 is 11.4. The number of para-hydroxylation sites is 1. The summed E-state index contributed by atoms with van der Waals surface area (Å²) in [5.74, 6) is 0.489. The fourth-order valence-corrected chi connectivity index (χ4v) is 4.27. The van der Waals surface area contributed by atoms with Gasteiger partial charge in [0.2, 0.25) is 5.89 Å². The largest absolute Gasteiger partial charge is 0.482 e. The highest BCUT2D eigenvalue weighted by Crippen LogP contribution is 2.34. The van der Waals surface area contributed by atoms with E-state index in [0.717, 1.165) is 16.3 Å². The van der Waals surface area contributed by atoms with E-state index in [-0.39, 0.29) is 11.7 Å². The Labute approximate surface area is 215 Å². The van der Waals surface area contributed by atoms with Crippen LogP contribution < -0.4 is 15.4 Å². The maximum atomic E-state index is 12.2. The number of hydrogen-bond acceptors (Lipinski definition) is 5. The number of fused-ring (bicyclic) bond motifs is 2. The van der Waals surface area contributed by atoms with Gasteiger partial charge in [-0.05, 0) is 60.1 Å². The van der Waals surface area contributed by atoms with Gasteiger partial charge in [-0.25, -0.2) is 4.98 Å². The van der Waals surface area contributed by atoms with Crippen molar-refractivity contribution < 1.29 is 13.9 Å². The average molecular weight is 522 g/mol. The molecule has 0 aliphatic carbocycles. The van der Waals surface area contributed by atoms with Crippen molar-refractivity contribution in [2.45, 2.75) is 0 Å². The van der Waals surface area contributed by atoms with Crippen LogP contribution in [0.15, 0.2) is 83.3 Å². The molecule has 0 unspecified atom stereocenters. The van der Waals surface area contributed by atoms with E-state index >= 15 is 0 Å². The standard InChI is InChI=1S/C26H17Cl2N3O3S/c27-19-9-4-5-16-17(19)6-3-7-18(16)25-30-21-13-15(11-12-23(21)34-25)29-26(35)31-24(32)14-33-22-10-2-1-8-20(22)28/h1-13H,14H2,(H2,29,31,32,35). The van der Waals surface area contributed by atoms with Crippen LogP contribution in [0.5, 0.6) is 5.75 Å². The number of thiocarbonyl (C=S) groups is 1. The molecule has 174 valence electrons. The van der Waals surface area contributed by atoms with E-state index < -0.39 is 5.91 Å². The minimum Gasteiger partial charge on any atom is -0.482 e. The molecule has 2 N–H and O–H groups in total. The van der Waals surface area contributed by atoms with E-state index in [1.54, 1.807) is 42.5 Å². The van der Waals surface area contributed by atoms with E-state index in [1.807, 2.05) is 36.4 Å². The van der Waals surface area contributed by atoms with Crippen molar-refractivity contribution in [3.8, 4) is 17.2 Å². The number of aromatic nitrogens is 1. The molecule has 0 saturated heterocycles. The highest BCUT2D eigenvalue weighted by Gasteiger charge is 2.14. The summed E-state index contributed by atoms with van der Waals surface area (Å²) in [5, 5.41) is 8.66. The average Bonchev–Trinajstić information content (AvgIpc) is 3.27. The monoisotopic (exact) mass is 521 g/mol. The Morgan fingerprint density at radius 2 is 1.71 bits per heavy atom. The molecule has 1 heterocycles. The molecule has 6 nitrogen and oxygen atoms in total. The van der Waals surface area contributed by atoms with Gasteiger partial charge in [0, 0.05) is 21.7 Å². The Morgan fingerprint density at radius 3 is 2.57 bits per heavy atom. The maximum Gasteiger partial charge on any atom is 0.264 e. The number of nitrogens with zero attached hydrogens (tertiary/aromatic N) is 1. The zero-order chi connectivity index (χ0) is 24.4. The summed E-state index contributed by atoms with van der Waals surface area (Å²) in [6.07, 6.45) is 0. The Morgan fingerprint density at radius 1 is 0.943 bits per heavy atom. The lowest BCUT2D eigenvalue weighted by Gasteiger charge is -2.11. The van der Waals surface area contributed by atoms with Crippen molar-refractivity contribution in [3.63, 3.8) is 0 Å². The molecule has 9 heteroatoms. The van der Waals surface area contributed by atoms with Gasteiger partial charge in [-0.1, -0.05) is 59.6 Å². The molecule has 0 radical (unpaired) electrons. The summed E-state index contributed by atoms with van der Waals surface area (Å²) in [7, 11) is 0. The lowest BCUT2D eigenvalue weighted by Crippen LogP contribution is -2.37. The van der Waals surface area contributed by atoms with Crippen molar-refractivity contribution in [2.24, 2.45) is 0 Å². The fourth-order valence-electron chi connectivity index (χ4n) is 3.61. The van der Waals surface area contributed by atoms with E-state index in [9.17, 15) is 4.79 Å². The topological polar surface area (TPSA) is 76.4 Å². The lowest BCUT2D eigenvalue weighted by atomic mass is 10.0. The fraction of sp³-hybridized carbons (Fsp3) is 0.0385. The van der Waals surface area contributed by atoms with Gasteiger partial charge in [0.1, 0.15) is 11.3 Å². The van der Waals surface area contributed by atoms with Crippen molar-refractivity contribution >= 4 is 74.0 Å². The zero-order valence-electron chi connectivity index (χ0n) is 18.0. The summed E-state index contributed by atoms with van der Waals surface area (Å²) in [5.41, 5.74) is 2.75. The van der Waals surface area contributed by atoms with Gasteiger partial charge < -0.3 is 14.5 Å². The molecule has 0 saturated carbocycles. The van der Waals surface area contributed by atoms with Gasteiger partial charge in [0.25, 0.3) is 5.91 Å². The van der Waals surface area contributed by atoms with Gasteiger partial charge in [-0.15, -0.1) is 0 Å². The predicted molar refractivity (Wildman–Crippen MR) is 143 cm³/mol. The quantitative estimate of drug-likeness (QED) is 0.246. The zero-order valence-corrected chi connectivity index (χ0v) is 20.4. The number of anilines is 1. The predicted octanol–water partition coefficient (Wildman–Crippen LogP) is 6.85. The number of hydrogen-bond donors (Lipinski definition) is 2. The van der Waals surface area contributed by atoms with E-state index in [1.165, 1.54) is 0 Å². The molecule has 4 aromatic carbocycles. The highest BCUT2D eigenvalue weighted by atomic mass is 35.5. The maximum absolute atomic E-state index is 12.2. The highest BCUT2D eigenvalue weighted by molar-refractivity contribution is 7.80. The van der Waals surface area contributed by atoms with Crippen molar-refractivity contribution in [2.75, 3.05) is 11.9 Å². The van der Waals surface area contributed by atoms with Crippen LogP contribution in [-0.4, -0.2) is 22.6 Å². The molecule has 0 spiro atoms. The van der Waals surface area contributed by atoms with Gasteiger partial charge in [-0.3, -0.25) is 10.1 Å². The molecule has 1 amide bonds. The van der Waals surface area contributed by atoms with Crippen LogP contribution in [0.25, 0.3) is 33.3 Å². The molecule has 5 rings (SSSR count). The summed E-state index contributed by atoms with van der Waals surface area (Å²) in [6, 6.07) is 23.8. The van der Waals surface area contributed by atoms with Crippen LogP contribution in [-0.2, 0) is 4.79 Å². The molecule has 0 aliphatic heterocycles. The Bertz CT molecular complexity index is 1590. The van der Waals surface area contributed by atoms with Crippen LogP contribution in [0.2, 0.25) is 10.0 Å². The van der Waals surface area contributed by atoms with Crippen molar-refractivity contribution in [1.29, 1.82) is 0 Å². The second-order valence-corrected chi connectivity index (χ2v) is 8.79. The number of carbonyl (C=O) groups is 1. The molecular formula is C26H17Cl2N3O3S. The number of rotatable bonds is 5. The second-order valence-electron chi connectivity index (χ2n) is 7.56. The Hall–Kier alpha value is -3.65. The number of ether oxygens (including phenoxy) is 1. The van der Waals surface area contributed by atoms with Crippen molar-refractivity contribution in [3.05, 3.63) is 88.9 Å². The van der Waals surface area contributed by atoms with Gasteiger partial charge >= 0.3 is 0 Å². The van der Waals surface area contributed by atoms with Crippen LogP contribution in [0, 0.1) is 0 Å². The SMILES string of the molecule is O=C(COc1ccccc1Cl)NC(=S)Nc1ccc2oc(-c3cccc4c(Cl)cccc34)nc2c1. The second kappa shape index (κ2) is 9.92. The molecular weight excluding hydrogens is 505 g/mol. The van der Waals surface area contributed by atoms with E-state index in [2.05, 4.69) is 15.6 Å². The molecule has 0 atom stereocenters. The molecule has 0 fully saturated rings. The summed E-state index contributed by atoms with van der Waals surface area (Å²) in [4.78, 5) is 16.8. The first-order valence-corrected chi connectivity index (χ1v) is 11.7. The summed E-state index contributed by atoms with van der Waals surface area (Å²) >= 11 is 17.6. The molecule has 1 aromatic heterocycles. The Kier molecular flexibility index (Phi) is 6.55. The number of carbonyl (C=O) groups excluding carboxylic acids is 1. The van der Waals surface area contributed by atoms with Crippen LogP contribution in [0.1, 0.15) is 0 Å². The molecule has 35 heavy (non-hydrogen) atoms. The molecule has 0 bridgehead atoms. The van der Waals surface area contributed by atoms with Gasteiger partial charge in [0.05, 0.1) is 5.02 Å². The van der Waals surface area contributed by atoms with Crippen LogP contribution in [0.4, 0.5) is 5.69 Å². The molecule has 5 aromatic rings. The summed E-state index contributed by atoms with van der Waals surface area (Å²) in [6.45, 7) is -0.230. The molecule has 0 aliphatic rings. The third-order valence-corrected chi connectivity index (χ3v) is 6.04. The van der Waals surface area contributed by atoms with Gasteiger partial charge in [-0.2, -0.15) is 0 Å². The van der Waals surface area contributed by atoms with E-state index in [4.69, 9.17) is 44.6 Å². The normalized spacial score (nSPS) is 10.9. The number of amides is 1. The first kappa shape index (κ1) is 23.1. The van der Waals surface area contributed by atoms with Gasteiger partial charge in [0.15, 0.2) is 17.3 Å². The Balaban J connectivity index is 1.28. The number of halogens is 2. The number of nitrogens with one attached hydrogen (secondary N) is 2. The van der Waals surface area contributed by atoms with Crippen LogP contribution >= 0.6 is 35.4 Å².